The third-order valence-electron chi connectivity index (χ3n) is 4.21. The summed E-state index contributed by atoms with van der Waals surface area (Å²) in [7, 11) is 1.61. The normalized spacial score (nSPS) is 12.0. The van der Waals surface area contributed by atoms with Gasteiger partial charge in [-0.25, -0.2) is 4.39 Å². The molecule has 1 aromatic heterocycles. The number of nitrogens with zero attached hydrogens (tertiary/aromatic N) is 3. The number of rotatable bonds is 10. The number of hydrogen-bond donors (Lipinski definition) is 0. The lowest BCUT2D eigenvalue weighted by atomic mass is 10.2. The molecule has 0 bridgehead atoms. The molecule has 0 spiro atoms. The number of carbonyl (C=O) groups is 1. The maximum absolute atomic E-state index is 13.8. The van der Waals surface area contributed by atoms with Gasteiger partial charge in [-0.1, -0.05) is 54.2 Å². The fourth-order valence-electron chi connectivity index (χ4n) is 2.80. The Morgan fingerprint density at radius 2 is 1.86 bits per heavy atom. The Bertz CT molecular complexity index is 949. The Labute approximate surface area is 173 Å². The van der Waals surface area contributed by atoms with Crippen molar-refractivity contribution in [2.45, 2.75) is 24.7 Å². The topological polar surface area (TPSA) is 66.2 Å². The average molecular weight is 415 g/mol. The van der Waals surface area contributed by atoms with E-state index in [0.29, 0.717) is 23.2 Å². The van der Waals surface area contributed by atoms with Crippen molar-refractivity contribution in [3.63, 3.8) is 0 Å². The van der Waals surface area contributed by atoms with Crippen molar-refractivity contribution in [1.29, 1.82) is 0 Å². The largest absolute Gasteiger partial charge is 0.483 e. The van der Waals surface area contributed by atoms with Gasteiger partial charge in [0, 0.05) is 12.7 Å². The number of para-hydroxylation sites is 1. The zero-order valence-electron chi connectivity index (χ0n) is 16.2. The van der Waals surface area contributed by atoms with E-state index >= 15 is 0 Å². The van der Waals surface area contributed by atoms with Crippen LogP contribution in [0.2, 0.25) is 0 Å². The molecule has 0 saturated carbocycles. The number of benzene rings is 2. The van der Waals surface area contributed by atoms with E-state index in [2.05, 4.69) is 10.2 Å². The second-order valence-electron chi connectivity index (χ2n) is 6.37. The molecule has 1 heterocycles. The first-order valence-corrected chi connectivity index (χ1v) is 10.1. The highest BCUT2D eigenvalue weighted by Crippen LogP contribution is 2.24. The van der Waals surface area contributed by atoms with Gasteiger partial charge in [0.2, 0.25) is 0 Å². The molecule has 0 saturated heterocycles. The smallest absolute Gasteiger partial charge is 0.192 e. The van der Waals surface area contributed by atoms with E-state index in [9.17, 15) is 9.18 Å². The minimum absolute atomic E-state index is 0.00806. The average Bonchev–Trinajstić information content (AvgIpc) is 3.15. The summed E-state index contributed by atoms with van der Waals surface area (Å²) >= 11 is 1.30. The minimum atomic E-state index is -0.438. The number of hydrogen-bond acceptors (Lipinski definition) is 6. The van der Waals surface area contributed by atoms with E-state index in [-0.39, 0.29) is 29.9 Å². The number of carbonyl (C=O) groups excluding carboxylic acids is 1. The van der Waals surface area contributed by atoms with Crippen LogP contribution in [0.5, 0.6) is 5.75 Å². The molecule has 0 amide bonds. The van der Waals surface area contributed by atoms with Crippen molar-refractivity contribution in [2.24, 2.45) is 0 Å². The van der Waals surface area contributed by atoms with Gasteiger partial charge < -0.3 is 9.47 Å². The maximum Gasteiger partial charge on any atom is 0.192 e. The van der Waals surface area contributed by atoms with Crippen LogP contribution in [0.25, 0.3) is 0 Å². The highest BCUT2D eigenvalue weighted by atomic mass is 32.2. The summed E-state index contributed by atoms with van der Waals surface area (Å²) in [6, 6.07) is 15.2. The molecule has 152 valence electrons. The molecule has 0 aliphatic heterocycles. The van der Waals surface area contributed by atoms with E-state index in [1.165, 1.54) is 17.8 Å². The Kier molecular flexibility index (Phi) is 7.37. The van der Waals surface area contributed by atoms with Gasteiger partial charge in [-0.2, -0.15) is 0 Å². The van der Waals surface area contributed by atoms with Crippen molar-refractivity contribution in [2.75, 3.05) is 19.5 Å². The van der Waals surface area contributed by atoms with Gasteiger partial charge in [-0.05, 0) is 19.1 Å². The summed E-state index contributed by atoms with van der Waals surface area (Å²) < 4.78 is 26.5. The summed E-state index contributed by atoms with van der Waals surface area (Å²) in [5.74, 6) is 0.485. The fourth-order valence-corrected chi connectivity index (χ4v) is 3.75. The number of aromatic nitrogens is 3. The van der Waals surface area contributed by atoms with Gasteiger partial charge in [0.05, 0.1) is 18.4 Å². The number of halogens is 1. The highest BCUT2D eigenvalue weighted by molar-refractivity contribution is 7.99. The summed E-state index contributed by atoms with van der Waals surface area (Å²) in [4.78, 5) is 12.4. The first-order valence-electron chi connectivity index (χ1n) is 9.11. The predicted octanol–water partition coefficient (Wildman–Crippen LogP) is 4.18. The van der Waals surface area contributed by atoms with Gasteiger partial charge in [0.15, 0.2) is 28.3 Å². The molecule has 3 rings (SSSR count). The Morgan fingerprint density at radius 3 is 2.59 bits per heavy atom. The van der Waals surface area contributed by atoms with Gasteiger partial charge in [0.25, 0.3) is 0 Å². The predicted molar refractivity (Wildman–Crippen MR) is 109 cm³/mol. The number of ether oxygens (including phenoxy) is 2. The highest BCUT2D eigenvalue weighted by Gasteiger charge is 2.20. The van der Waals surface area contributed by atoms with E-state index in [1.54, 1.807) is 37.4 Å². The Hall–Kier alpha value is -2.71. The lowest BCUT2D eigenvalue weighted by Gasteiger charge is -2.17. The minimum Gasteiger partial charge on any atom is -0.483 e. The molecular weight excluding hydrogens is 393 g/mol. The lowest BCUT2D eigenvalue weighted by Crippen LogP contribution is -2.17. The van der Waals surface area contributed by atoms with Crippen molar-refractivity contribution in [3.8, 4) is 5.75 Å². The quantitative estimate of drug-likeness (QED) is 0.366. The number of Topliss-reactive ketones (excluding diaryl/α,β-unsaturated/α-hetero) is 1. The monoisotopic (exact) mass is 415 g/mol. The Morgan fingerprint density at radius 1 is 1.14 bits per heavy atom. The molecule has 0 N–H and O–H groups in total. The molecule has 0 fully saturated rings. The second kappa shape index (κ2) is 10.2. The van der Waals surface area contributed by atoms with Crippen LogP contribution < -0.4 is 4.74 Å². The SMILES string of the molecule is COC[C@@H](C)n1c(COc2ccccc2F)nnc1SCC(=O)c1ccccc1. The van der Waals surface area contributed by atoms with Crippen molar-refractivity contribution < 1.29 is 18.7 Å². The Balaban J connectivity index is 1.74. The van der Waals surface area contributed by atoms with Crippen molar-refractivity contribution in [1.82, 2.24) is 14.8 Å². The van der Waals surface area contributed by atoms with Gasteiger partial charge in [0.1, 0.15) is 6.61 Å². The van der Waals surface area contributed by atoms with E-state index in [4.69, 9.17) is 9.47 Å². The first kappa shape index (κ1) is 21.0. The van der Waals surface area contributed by atoms with Crippen LogP contribution in [0.15, 0.2) is 59.8 Å². The standard InChI is InChI=1S/C21H22FN3O3S/c1-15(12-27-2)25-20(13-28-19-11-7-6-10-17(19)22)23-24-21(25)29-14-18(26)16-8-4-3-5-9-16/h3-11,15H,12-14H2,1-2H3/t15-/m1/s1. The van der Waals surface area contributed by atoms with Crippen LogP contribution in [0, 0.1) is 5.82 Å². The van der Waals surface area contributed by atoms with Crippen LogP contribution in [0.4, 0.5) is 4.39 Å². The molecule has 0 radical (unpaired) electrons. The second-order valence-corrected chi connectivity index (χ2v) is 7.31. The van der Waals surface area contributed by atoms with Gasteiger partial charge in [-0.15, -0.1) is 10.2 Å². The molecule has 0 aliphatic carbocycles. The summed E-state index contributed by atoms with van der Waals surface area (Å²) in [6.07, 6.45) is 0. The van der Waals surface area contributed by atoms with E-state index in [0.717, 1.165) is 0 Å². The molecule has 1 atom stereocenters. The van der Waals surface area contributed by atoms with E-state index in [1.807, 2.05) is 29.7 Å². The fraction of sp³-hybridized carbons (Fsp3) is 0.286. The third kappa shape index (κ3) is 5.42. The molecule has 8 heteroatoms. The van der Waals surface area contributed by atoms with Crippen molar-refractivity contribution >= 4 is 17.5 Å². The summed E-state index contributed by atoms with van der Waals surface area (Å²) in [5.41, 5.74) is 0.652. The lowest BCUT2D eigenvalue weighted by molar-refractivity contribution is 0.102. The third-order valence-corrected chi connectivity index (χ3v) is 5.15. The number of ketones is 1. The molecule has 0 unspecified atom stereocenters. The zero-order chi connectivity index (χ0) is 20.6. The molecule has 29 heavy (non-hydrogen) atoms. The first-order chi connectivity index (χ1) is 14.1. The van der Waals surface area contributed by atoms with Crippen LogP contribution in [0.1, 0.15) is 29.1 Å². The van der Waals surface area contributed by atoms with Crippen LogP contribution >= 0.6 is 11.8 Å². The van der Waals surface area contributed by atoms with Crippen LogP contribution in [-0.4, -0.2) is 40.0 Å². The van der Waals surface area contributed by atoms with Crippen molar-refractivity contribution in [3.05, 3.63) is 71.8 Å². The number of thioether (sulfide) groups is 1. The molecule has 3 aromatic rings. The molecule has 2 aromatic carbocycles. The zero-order valence-corrected chi connectivity index (χ0v) is 17.1. The van der Waals surface area contributed by atoms with Gasteiger partial charge >= 0.3 is 0 Å². The van der Waals surface area contributed by atoms with E-state index < -0.39 is 5.82 Å². The van der Waals surface area contributed by atoms with Crippen LogP contribution in [0.3, 0.4) is 0 Å². The number of methoxy groups -OCH3 is 1. The molecule has 0 aliphatic rings. The van der Waals surface area contributed by atoms with Crippen LogP contribution in [-0.2, 0) is 11.3 Å². The summed E-state index contributed by atoms with van der Waals surface area (Å²) in [5, 5.41) is 9.00. The molecular formula is C21H22FN3O3S. The molecule has 6 nitrogen and oxygen atoms in total. The maximum atomic E-state index is 13.8. The van der Waals surface area contributed by atoms with Gasteiger partial charge in [-0.3, -0.25) is 9.36 Å². The summed E-state index contributed by atoms with van der Waals surface area (Å²) in [6.45, 7) is 2.45.